The SMILES string of the molecule is COc1cccc(CCC(=O)N2C3CN(Cc4cc5ccccc5nc4N(C)C)C(=O)[C@H](Cc4ccc(O)cc4)N3C(=O)CN2C)c1OC. The van der Waals surface area contributed by atoms with E-state index < -0.39 is 12.2 Å². The Morgan fingerprint density at radius 1 is 0.980 bits per heavy atom. The van der Waals surface area contributed by atoms with Crippen LogP contribution in [-0.4, -0.2) is 108 Å². The monoisotopic (exact) mass is 666 g/mol. The van der Waals surface area contributed by atoms with Crippen LogP contribution in [0, 0.1) is 0 Å². The molecule has 3 aromatic carbocycles. The zero-order valence-corrected chi connectivity index (χ0v) is 28.5. The fraction of sp³-hybridized carbons (Fsp3) is 0.351. The number of anilines is 1. The van der Waals surface area contributed by atoms with Gasteiger partial charge in [-0.25, -0.2) is 9.99 Å². The Morgan fingerprint density at radius 3 is 2.45 bits per heavy atom. The van der Waals surface area contributed by atoms with Gasteiger partial charge in [0.25, 0.3) is 0 Å². The molecular formula is C37H42N6O6. The summed E-state index contributed by atoms with van der Waals surface area (Å²) < 4.78 is 11.1. The van der Waals surface area contributed by atoms with Gasteiger partial charge in [-0.2, -0.15) is 0 Å². The van der Waals surface area contributed by atoms with E-state index in [9.17, 15) is 19.5 Å². The highest BCUT2D eigenvalue weighted by molar-refractivity contribution is 5.92. The highest BCUT2D eigenvalue weighted by Crippen LogP contribution is 2.34. The third-order valence-electron chi connectivity index (χ3n) is 9.22. The number of aromatic hydroxyl groups is 1. The fourth-order valence-electron chi connectivity index (χ4n) is 6.93. The molecule has 3 heterocycles. The zero-order chi connectivity index (χ0) is 34.8. The Morgan fingerprint density at radius 2 is 1.73 bits per heavy atom. The van der Waals surface area contributed by atoms with Crippen molar-refractivity contribution in [1.29, 1.82) is 0 Å². The molecule has 0 aliphatic carbocycles. The first-order valence-corrected chi connectivity index (χ1v) is 16.3. The summed E-state index contributed by atoms with van der Waals surface area (Å²) in [6.07, 6.45) is 0.0179. The molecule has 3 amide bonds. The Kier molecular flexibility index (Phi) is 9.59. The lowest BCUT2D eigenvalue weighted by molar-refractivity contribution is -0.202. The minimum absolute atomic E-state index is 0.0521. The number of hydrogen-bond acceptors (Lipinski definition) is 9. The number of aromatic nitrogens is 1. The second-order valence-corrected chi connectivity index (χ2v) is 12.7. The molecule has 6 rings (SSSR count). The van der Waals surface area contributed by atoms with Gasteiger partial charge in [0, 0.05) is 51.5 Å². The molecule has 256 valence electrons. The van der Waals surface area contributed by atoms with Crippen molar-refractivity contribution in [1.82, 2.24) is 24.8 Å². The number of hydrogen-bond donors (Lipinski definition) is 1. The first-order valence-electron chi connectivity index (χ1n) is 16.3. The van der Waals surface area contributed by atoms with E-state index in [-0.39, 0.29) is 55.9 Å². The van der Waals surface area contributed by atoms with Crippen LogP contribution in [-0.2, 0) is 33.8 Å². The fourth-order valence-corrected chi connectivity index (χ4v) is 6.93. The maximum Gasteiger partial charge on any atom is 0.246 e. The maximum atomic E-state index is 14.5. The van der Waals surface area contributed by atoms with Crippen LogP contribution in [0.4, 0.5) is 5.82 Å². The molecule has 1 N–H and O–H groups in total. The van der Waals surface area contributed by atoms with Crippen LogP contribution in [0.2, 0.25) is 0 Å². The zero-order valence-electron chi connectivity index (χ0n) is 28.5. The second-order valence-electron chi connectivity index (χ2n) is 12.7. The average molecular weight is 667 g/mol. The van der Waals surface area contributed by atoms with Crippen LogP contribution in [0.1, 0.15) is 23.1 Å². The molecule has 1 aromatic heterocycles. The average Bonchev–Trinajstić information content (AvgIpc) is 3.09. The predicted molar refractivity (Wildman–Crippen MR) is 185 cm³/mol. The molecule has 0 spiro atoms. The standard InChI is InChI=1S/C37H42N6O6/c1-39(2)36-27(20-26-9-6-7-11-29(26)38-36)21-41-22-32-42(30(37(41)47)19-24-13-16-28(44)17-14-24)34(46)23-40(3)43(32)33(45)18-15-25-10-8-12-31(48-4)35(25)49-5/h6-14,16-17,20,30,32,44H,15,18-19,21-23H2,1-5H3/t30-,32?/m0/s1. The van der Waals surface area contributed by atoms with Gasteiger partial charge in [-0.05, 0) is 47.9 Å². The van der Waals surface area contributed by atoms with Crippen molar-refractivity contribution in [2.75, 3.05) is 53.4 Å². The van der Waals surface area contributed by atoms with Gasteiger partial charge in [-0.3, -0.25) is 19.4 Å². The predicted octanol–water partition coefficient (Wildman–Crippen LogP) is 3.45. The summed E-state index contributed by atoms with van der Waals surface area (Å²) in [6.45, 7) is 0.305. The van der Waals surface area contributed by atoms with Crippen LogP contribution >= 0.6 is 0 Å². The van der Waals surface area contributed by atoms with Gasteiger partial charge < -0.3 is 29.3 Å². The molecule has 2 aliphatic heterocycles. The van der Waals surface area contributed by atoms with E-state index in [1.165, 1.54) is 0 Å². The third-order valence-corrected chi connectivity index (χ3v) is 9.22. The summed E-state index contributed by atoms with van der Waals surface area (Å²) in [5, 5.41) is 14.1. The van der Waals surface area contributed by atoms with Crippen molar-refractivity contribution >= 4 is 34.4 Å². The minimum atomic E-state index is -0.866. The number of carbonyl (C=O) groups is 3. The normalized spacial score (nSPS) is 18.1. The second kappa shape index (κ2) is 14.0. The van der Waals surface area contributed by atoms with E-state index in [1.54, 1.807) is 71.4 Å². The number of likely N-dealkylation sites (N-methyl/N-ethyl adjacent to an activating group) is 1. The van der Waals surface area contributed by atoms with E-state index in [1.807, 2.05) is 55.4 Å². The third kappa shape index (κ3) is 6.68. The van der Waals surface area contributed by atoms with Crippen LogP contribution in [0.5, 0.6) is 17.2 Å². The smallest absolute Gasteiger partial charge is 0.246 e. The van der Waals surface area contributed by atoms with Crippen molar-refractivity contribution in [3.05, 3.63) is 89.5 Å². The van der Waals surface area contributed by atoms with Crippen molar-refractivity contribution in [2.24, 2.45) is 0 Å². The molecule has 1 unspecified atom stereocenters. The Hall–Kier alpha value is -5.36. The van der Waals surface area contributed by atoms with Crippen molar-refractivity contribution in [3.8, 4) is 17.2 Å². The molecule has 0 radical (unpaired) electrons. The van der Waals surface area contributed by atoms with Crippen LogP contribution in [0.25, 0.3) is 10.9 Å². The van der Waals surface area contributed by atoms with Crippen molar-refractivity contribution in [2.45, 2.75) is 38.0 Å². The minimum Gasteiger partial charge on any atom is -0.508 e. The number of rotatable bonds is 10. The van der Waals surface area contributed by atoms with Gasteiger partial charge in [0.05, 0.1) is 32.8 Å². The number of nitrogens with zero attached hydrogens (tertiary/aromatic N) is 6. The van der Waals surface area contributed by atoms with Gasteiger partial charge in [0.15, 0.2) is 11.5 Å². The van der Waals surface area contributed by atoms with Gasteiger partial charge in [0.2, 0.25) is 17.7 Å². The molecular weight excluding hydrogens is 624 g/mol. The molecule has 0 bridgehead atoms. The number of phenols is 1. The van der Waals surface area contributed by atoms with E-state index in [0.29, 0.717) is 17.9 Å². The topological polar surface area (TPSA) is 119 Å². The summed E-state index contributed by atoms with van der Waals surface area (Å²) in [5.41, 5.74) is 3.31. The Bertz CT molecular complexity index is 1860. The molecule has 2 fully saturated rings. The number of phenolic OH excluding ortho intramolecular Hbond substituents is 1. The van der Waals surface area contributed by atoms with Crippen LogP contribution in [0.3, 0.4) is 0 Å². The molecule has 49 heavy (non-hydrogen) atoms. The molecule has 12 heteroatoms. The van der Waals surface area contributed by atoms with Gasteiger partial charge in [-0.15, -0.1) is 0 Å². The van der Waals surface area contributed by atoms with Crippen LogP contribution < -0.4 is 14.4 Å². The highest BCUT2D eigenvalue weighted by atomic mass is 16.5. The Labute approximate surface area is 286 Å². The lowest BCUT2D eigenvalue weighted by Crippen LogP contribution is -2.75. The number of hydrazine groups is 1. The number of fused-ring (bicyclic) bond motifs is 2. The van der Waals surface area contributed by atoms with E-state index >= 15 is 0 Å². The van der Waals surface area contributed by atoms with Crippen LogP contribution in [0.15, 0.2) is 72.8 Å². The highest BCUT2D eigenvalue weighted by Gasteiger charge is 2.50. The number of para-hydroxylation sites is 2. The van der Waals surface area contributed by atoms with Crippen molar-refractivity contribution in [3.63, 3.8) is 0 Å². The summed E-state index contributed by atoms with van der Waals surface area (Å²) in [7, 11) is 8.70. The molecule has 0 saturated carbocycles. The molecule has 2 atom stereocenters. The summed E-state index contributed by atoms with van der Waals surface area (Å²) in [6, 6.07) is 21.2. The number of amides is 3. The quantitative estimate of drug-likeness (QED) is 0.272. The summed E-state index contributed by atoms with van der Waals surface area (Å²) >= 11 is 0. The summed E-state index contributed by atoms with van der Waals surface area (Å²) in [4.78, 5) is 52.5. The number of carbonyl (C=O) groups excluding carboxylic acids is 3. The molecule has 4 aromatic rings. The van der Waals surface area contributed by atoms with E-state index in [0.717, 1.165) is 33.4 Å². The number of methoxy groups -OCH3 is 2. The Balaban J connectivity index is 1.35. The van der Waals surface area contributed by atoms with Gasteiger partial charge >= 0.3 is 0 Å². The maximum absolute atomic E-state index is 14.5. The molecule has 2 aliphatic rings. The summed E-state index contributed by atoms with van der Waals surface area (Å²) in [5.74, 6) is 1.37. The van der Waals surface area contributed by atoms with Crippen molar-refractivity contribution < 1.29 is 29.0 Å². The number of pyridine rings is 1. The molecule has 2 saturated heterocycles. The first-order chi connectivity index (χ1) is 23.6. The largest absolute Gasteiger partial charge is 0.508 e. The van der Waals surface area contributed by atoms with Gasteiger partial charge in [0.1, 0.15) is 23.8 Å². The first kappa shape index (κ1) is 33.5. The number of benzene rings is 3. The van der Waals surface area contributed by atoms with E-state index in [2.05, 4.69) is 6.07 Å². The van der Waals surface area contributed by atoms with E-state index in [4.69, 9.17) is 14.5 Å². The number of piperazine rings is 1. The van der Waals surface area contributed by atoms with Gasteiger partial charge in [-0.1, -0.05) is 42.5 Å². The lowest BCUT2D eigenvalue weighted by atomic mass is 9.98. The number of aryl methyl sites for hydroxylation is 1. The molecule has 12 nitrogen and oxygen atoms in total. The number of ether oxygens (including phenoxy) is 2. The lowest BCUT2D eigenvalue weighted by Gasteiger charge is -2.54.